The summed E-state index contributed by atoms with van der Waals surface area (Å²) in [5.41, 5.74) is 2.27. The van der Waals surface area contributed by atoms with Crippen molar-refractivity contribution in [3.8, 4) is 0 Å². The molecule has 0 radical (unpaired) electrons. The van der Waals surface area contributed by atoms with Crippen LogP contribution in [0, 0.1) is 29.6 Å². The van der Waals surface area contributed by atoms with E-state index in [-0.39, 0.29) is 18.5 Å². The Balaban J connectivity index is 1.18. The molecule has 1 aromatic rings. The van der Waals surface area contributed by atoms with Crippen LogP contribution in [0.15, 0.2) is 24.3 Å². The topological polar surface area (TPSA) is 66.5 Å². The number of carbonyl (C=O) groups is 1. The molecule has 6 fully saturated rings. The van der Waals surface area contributed by atoms with Gasteiger partial charge in [-0.2, -0.15) is 0 Å². The molecule has 0 heterocycles. The standard InChI is InChI=1S/C26H36N2O3S/c1-32(30,31)28(16-25(29)27-24-12-17-2-3-21(24)11-17)23-6-4-22(5-7-23)26-13-18-8-19(14-26)10-20(9-18)15-26/h4-7,17-21,24H,2-3,8-16H2,1H3,(H,27,29)/t17-,18?,19?,20?,21-,24+,26?/m0/s1. The third-order valence-corrected chi connectivity index (χ3v) is 10.7. The van der Waals surface area contributed by atoms with E-state index in [0.29, 0.717) is 17.0 Å². The zero-order valence-corrected chi connectivity index (χ0v) is 19.9. The molecule has 32 heavy (non-hydrogen) atoms. The lowest BCUT2D eigenvalue weighted by atomic mass is 9.48. The Morgan fingerprint density at radius 2 is 1.56 bits per heavy atom. The van der Waals surface area contributed by atoms with Gasteiger partial charge in [0.1, 0.15) is 6.54 Å². The Morgan fingerprint density at radius 3 is 2.06 bits per heavy atom. The molecule has 6 bridgehead atoms. The number of nitrogens with zero attached hydrogens (tertiary/aromatic N) is 1. The molecule has 1 N–H and O–H groups in total. The second-order valence-electron chi connectivity index (χ2n) is 11.9. The molecule has 1 aromatic carbocycles. The number of fused-ring (bicyclic) bond motifs is 2. The highest BCUT2D eigenvalue weighted by Crippen LogP contribution is 2.60. The minimum Gasteiger partial charge on any atom is -0.352 e. The van der Waals surface area contributed by atoms with Gasteiger partial charge < -0.3 is 5.32 Å². The Labute approximate surface area is 192 Å². The largest absolute Gasteiger partial charge is 0.352 e. The molecule has 3 atom stereocenters. The first-order valence-corrected chi connectivity index (χ1v) is 14.5. The lowest BCUT2D eigenvalue weighted by molar-refractivity contribution is -0.120. The van der Waals surface area contributed by atoms with Gasteiger partial charge in [0.25, 0.3) is 0 Å². The Bertz CT molecular complexity index is 967. The van der Waals surface area contributed by atoms with Crippen molar-refractivity contribution in [2.45, 2.75) is 75.7 Å². The van der Waals surface area contributed by atoms with Gasteiger partial charge >= 0.3 is 0 Å². The number of carbonyl (C=O) groups excluding carboxylic acids is 1. The van der Waals surface area contributed by atoms with Crippen LogP contribution in [0.5, 0.6) is 0 Å². The molecular formula is C26H36N2O3S. The van der Waals surface area contributed by atoms with E-state index in [4.69, 9.17) is 0 Å². The predicted octanol–water partition coefficient (Wildman–Crippen LogP) is 4.23. The summed E-state index contributed by atoms with van der Waals surface area (Å²) in [5.74, 6) is 3.77. The maximum atomic E-state index is 12.8. The summed E-state index contributed by atoms with van der Waals surface area (Å²) in [7, 11) is -3.54. The Kier molecular flexibility index (Phi) is 4.91. The van der Waals surface area contributed by atoms with Crippen molar-refractivity contribution in [2.75, 3.05) is 17.1 Å². The molecule has 7 rings (SSSR count). The highest BCUT2D eigenvalue weighted by molar-refractivity contribution is 7.92. The normalized spacial score (nSPS) is 39.4. The van der Waals surface area contributed by atoms with E-state index in [1.165, 1.54) is 73.9 Å². The van der Waals surface area contributed by atoms with Crippen LogP contribution in [0.25, 0.3) is 0 Å². The number of sulfonamides is 1. The lowest BCUT2D eigenvalue weighted by Crippen LogP contribution is -2.48. The fourth-order valence-corrected chi connectivity index (χ4v) is 9.51. The van der Waals surface area contributed by atoms with Gasteiger partial charge in [-0.3, -0.25) is 9.10 Å². The first-order chi connectivity index (χ1) is 15.3. The summed E-state index contributed by atoms with van der Waals surface area (Å²) >= 11 is 0. The molecule has 0 saturated heterocycles. The number of hydrogen-bond acceptors (Lipinski definition) is 3. The molecule has 0 unspecified atom stereocenters. The van der Waals surface area contributed by atoms with Gasteiger partial charge in [0.15, 0.2) is 0 Å². The molecule has 0 aromatic heterocycles. The highest BCUT2D eigenvalue weighted by atomic mass is 32.2. The summed E-state index contributed by atoms with van der Waals surface area (Å²) in [6.07, 6.45) is 14.1. The minimum absolute atomic E-state index is 0.135. The zero-order chi connectivity index (χ0) is 22.1. The van der Waals surface area contributed by atoms with E-state index in [2.05, 4.69) is 17.4 Å². The molecule has 0 spiro atoms. The maximum Gasteiger partial charge on any atom is 0.241 e. The summed E-state index contributed by atoms with van der Waals surface area (Å²) in [6.45, 7) is -0.135. The van der Waals surface area contributed by atoms with Crippen LogP contribution in [0.3, 0.4) is 0 Å². The SMILES string of the molecule is CS(=O)(=O)N(CC(=O)N[C@@H]1C[C@H]2CC[C@H]1C2)c1ccc(C23CC4CC(CC(C4)C2)C3)cc1. The van der Waals surface area contributed by atoms with Crippen molar-refractivity contribution in [2.24, 2.45) is 29.6 Å². The second-order valence-corrected chi connectivity index (χ2v) is 13.8. The fourth-order valence-electron chi connectivity index (χ4n) is 8.65. The van der Waals surface area contributed by atoms with Crippen molar-refractivity contribution in [1.29, 1.82) is 0 Å². The Hall–Kier alpha value is -1.56. The summed E-state index contributed by atoms with van der Waals surface area (Å²) in [4.78, 5) is 12.8. The third kappa shape index (κ3) is 3.66. The predicted molar refractivity (Wildman–Crippen MR) is 126 cm³/mol. The van der Waals surface area contributed by atoms with E-state index < -0.39 is 10.0 Å². The van der Waals surface area contributed by atoms with Crippen LogP contribution in [-0.2, 0) is 20.2 Å². The van der Waals surface area contributed by atoms with Crippen LogP contribution in [0.4, 0.5) is 5.69 Å². The number of hydrogen-bond donors (Lipinski definition) is 1. The van der Waals surface area contributed by atoms with Gasteiger partial charge in [-0.1, -0.05) is 18.6 Å². The monoisotopic (exact) mass is 456 g/mol. The maximum absolute atomic E-state index is 12.8. The smallest absolute Gasteiger partial charge is 0.241 e. The van der Waals surface area contributed by atoms with Crippen molar-refractivity contribution in [3.05, 3.63) is 29.8 Å². The van der Waals surface area contributed by atoms with Crippen molar-refractivity contribution in [1.82, 2.24) is 5.32 Å². The first-order valence-electron chi connectivity index (χ1n) is 12.6. The second kappa shape index (κ2) is 7.48. The number of benzene rings is 1. The molecular weight excluding hydrogens is 420 g/mol. The van der Waals surface area contributed by atoms with Crippen LogP contribution in [-0.4, -0.2) is 33.2 Å². The van der Waals surface area contributed by atoms with Gasteiger partial charge in [0.05, 0.1) is 11.9 Å². The molecule has 6 saturated carbocycles. The number of amides is 1. The van der Waals surface area contributed by atoms with Crippen molar-refractivity contribution >= 4 is 21.6 Å². The van der Waals surface area contributed by atoms with Crippen LogP contribution in [0.1, 0.15) is 69.8 Å². The van der Waals surface area contributed by atoms with Gasteiger partial charge in [0.2, 0.25) is 15.9 Å². The van der Waals surface area contributed by atoms with Crippen LogP contribution >= 0.6 is 0 Å². The van der Waals surface area contributed by atoms with E-state index in [1.807, 2.05) is 12.1 Å². The molecule has 174 valence electrons. The quantitative estimate of drug-likeness (QED) is 0.697. The molecule has 1 amide bonds. The van der Waals surface area contributed by atoms with Crippen LogP contribution in [0.2, 0.25) is 0 Å². The van der Waals surface area contributed by atoms with E-state index in [1.54, 1.807) is 0 Å². The average Bonchev–Trinajstić information content (AvgIpc) is 3.34. The minimum atomic E-state index is -3.54. The van der Waals surface area contributed by atoms with Crippen molar-refractivity contribution in [3.63, 3.8) is 0 Å². The van der Waals surface area contributed by atoms with Gasteiger partial charge in [-0.05, 0) is 110 Å². The number of anilines is 1. The first kappa shape index (κ1) is 21.0. The third-order valence-electron chi connectivity index (χ3n) is 9.58. The van der Waals surface area contributed by atoms with Gasteiger partial charge in [0, 0.05) is 6.04 Å². The fraction of sp³-hybridized carbons (Fsp3) is 0.731. The summed E-state index contributed by atoms with van der Waals surface area (Å²) < 4.78 is 26.4. The zero-order valence-electron chi connectivity index (χ0n) is 19.1. The number of rotatable bonds is 6. The lowest BCUT2D eigenvalue weighted by Gasteiger charge is -2.57. The van der Waals surface area contributed by atoms with E-state index in [9.17, 15) is 13.2 Å². The van der Waals surface area contributed by atoms with Crippen molar-refractivity contribution < 1.29 is 13.2 Å². The summed E-state index contributed by atoms with van der Waals surface area (Å²) in [6, 6.07) is 8.38. The average molecular weight is 457 g/mol. The molecule has 6 aliphatic rings. The molecule has 0 aliphatic heterocycles. The van der Waals surface area contributed by atoms with Gasteiger partial charge in [-0.15, -0.1) is 0 Å². The van der Waals surface area contributed by atoms with E-state index >= 15 is 0 Å². The van der Waals surface area contributed by atoms with Gasteiger partial charge in [-0.25, -0.2) is 8.42 Å². The molecule has 5 nitrogen and oxygen atoms in total. The highest BCUT2D eigenvalue weighted by Gasteiger charge is 2.51. The molecule has 6 aliphatic carbocycles. The number of nitrogens with one attached hydrogen (secondary N) is 1. The van der Waals surface area contributed by atoms with E-state index in [0.717, 1.165) is 30.1 Å². The summed E-state index contributed by atoms with van der Waals surface area (Å²) in [5, 5.41) is 3.14. The van der Waals surface area contributed by atoms with Crippen LogP contribution < -0.4 is 9.62 Å². The molecule has 6 heteroatoms. The Morgan fingerprint density at radius 1 is 0.938 bits per heavy atom.